The average molecular weight is 334 g/mol. The summed E-state index contributed by atoms with van der Waals surface area (Å²) in [7, 11) is 0. The van der Waals surface area contributed by atoms with Gasteiger partial charge in [0, 0.05) is 29.3 Å². The van der Waals surface area contributed by atoms with Crippen molar-refractivity contribution >= 4 is 17.2 Å². The van der Waals surface area contributed by atoms with Crippen LogP contribution in [0.1, 0.15) is 46.8 Å². The summed E-state index contributed by atoms with van der Waals surface area (Å²) in [4.78, 5) is 22.2. The fraction of sp³-hybridized carbons (Fsp3) is 0.250. The van der Waals surface area contributed by atoms with Crippen LogP contribution in [-0.2, 0) is 0 Å². The number of anilines is 1. The molecule has 1 heterocycles. The van der Waals surface area contributed by atoms with E-state index in [0.29, 0.717) is 5.92 Å². The first kappa shape index (κ1) is 15.6. The van der Waals surface area contributed by atoms with E-state index in [4.69, 9.17) is 0 Å². The zero-order chi connectivity index (χ0) is 17.6. The third kappa shape index (κ3) is 2.61. The quantitative estimate of drug-likeness (QED) is 0.385. The van der Waals surface area contributed by atoms with E-state index in [2.05, 4.69) is 17.5 Å². The molecule has 1 aliphatic heterocycles. The molecule has 4 rings (SSSR count). The van der Waals surface area contributed by atoms with E-state index in [-0.39, 0.29) is 28.4 Å². The molecule has 2 aromatic rings. The van der Waals surface area contributed by atoms with E-state index >= 15 is 0 Å². The lowest BCUT2D eigenvalue weighted by Crippen LogP contribution is -2.29. The number of nitrogens with zero attached hydrogens (tertiary/aromatic N) is 1. The summed E-state index contributed by atoms with van der Waals surface area (Å²) >= 11 is 0. The number of non-ortho nitro benzene ring substituents is 1. The molecule has 1 N–H and O–H groups in total. The van der Waals surface area contributed by atoms with Gasteiger partial charge in [0.15, 0.2) is 5.78 Å². The van der Waals surface area contributed by atoms with Gasteiger partial charge in [-0.25, -0.2) is 0 Å². The molecule has 0 aromatic heterocycles. The lowest BCUT2D eigenvalue weighted by atomic mass is 9.76. The summed E-state index contributed by atoms with van der Waals surface area (Å²) in [6.07, 6.45) is 5.35. The molecule has 25 heavy (non-hydrogen) atoms. The first-order valence-electron chi connectivity index (χ1n) is 8.37. The van der Waals surface area contributed by atoms with E-state index in [0.717, 1.165) is 28.8 Å². The van der Waals surface area contributed by atoms with Gasteiger partial charge in [-0.15, -0.1) is 0 Å². The molecule has 5 heteroatoms. The van der Waals surface area contributed by atoms with Crippen molar-refractivity contribution in [3.8, 4) is 0 Å². The predicted molar refractivity (Wildman–Crippen MR) is 95.9 cm³/mol. The lowest BCUT2D eigenvalue weighted by molar-refractivity contribution is -0.384. The number of nitro groups is 1. The van der Waals surface area contributed by atoms with Crippen LogP contribution >= 0.6 is 0 Å². The van der Waals surface area contributed by atoms with Gasteiger partial charge in [0.1, 0.15) is 0 Å². The molecule has 0 spiro atoms. The second-order valence-corrected chi connectivity index (χ2v) is 6.68. The maximum Gasteiger partial charge on any atom is 0.269 e. The monoisotopic (exact) mass is 334 g/mol. The number of benzene rings is 2. The minimum atomic E-state index is -0.378. The van der Waals surface area contributed by atoms with E-state index in [1.165, 1.54) is 0 Å². The average Bonchev–Trinajstić information content (AvgIpc) is 3.10. The molecule has 0 fully saturated rings. The maximum atomic E-state index is 11.7. The van der Waals surface area contributed by atoms with Gasteiger partial charge in [-0.05, 0) is 48.6 Å². The maximum absolute atomic E-state index is 11.7. The van der Waals surface area contributed by atoms with Gasteiger partial charge in [0.2, 0.25) is 0 Å². The lowest BCUT2D eigenvalue weighted by Gasteiger charge is -2.37. The minimum absolute atomic E-state index is 0.0684. The largest absolute Gasteiger partial charge is 0.378 e. The van der Waals surface area contributed by atoms with Crippen LogP contribution in [0.2, 0.25) is 0 Å². The van der Waals surface area contributed by atoms with Crippen molar-refractivity contribution in [3.63, 3.8) is 0 Å². The molecule has 0 unspecified atom stereocenters. The van der Waals surface area contributed by atoms with Crippen molar-refractivity contribution in [2.75, 3.05) is 5.32 Å². The first-order valence-corrected chi connectivity index (χ1v) is 8.37. The topological polar surface area (TPSA) is 72.2 Å². The predicted octanol–water partition coefficient (Wildman–Crippen LogP) is 4.62. The Morgan fingerprint density at radius 3 is 2.64 bits per heavy atom. The van der Waals surface area contributed by atoms with Crippen LogP contribution in [0.3, 0.4) is 0 Å². The van der Waals surface area contributed by atoms with Gasteiger partial charge in [-0.2, -0.15) is 0 Å². The van der Waals surface area contributed by atoms with Gasteiger partial charge < -0.3 is 5.32 Å². The number of nitro benzene ring substituents is 1. The van der Waals surface area contributed by atoms with E-state index in [9.17, 15) is 14.9 Å². The molecule has 0 amide bonds. The fourth-order valence-electron chi connectivity index (χ4n) is 3.95. The number of allylic oxidation sites excluding steroid dienone is 2. The number of Topliss-reactive ketones (excluding diaryl/α,β-unsaturated/α-hetero) is 1. The fourth-order valence-corrected chi connectivity index (χ4v) is 3.95. The summed E-state index contributed by atoms with van der Waals surface area (Å²) < 4.78 is 0. The first-order chi connectivity index (χ1) is 12.0. The second kappa shape index (κ2) is 5.84. The van der Waals surface area contributed by atoms with Crippen LogP contribution in [0.25, 0.3) is 0 Å². The molecule has 1 aliphatic carbocycles. The van der Waals surface area contributed by atoms with Gasteiger partial charge in [0.05, 0.1) is 11.0 Å². The number of hydrogen-bond acceptors (Lipinski definition) is 4. The number of ketones is 1. The van der Waals surface area contributed by atoms with Gasteiger partial charge in [0.25, 0.3) is 5.69 Å². The van der Waals surface area contributed by atoms with Crippen LogP contribution in [0, 0.1) is 16.0 Å². The van der Waals surface area contributed by atoms with Crippen LogP contribution in [0.15, 0.2) is 54.6 Å². The normalized spacial score (nSPS) is 23.5. The Bertz CT molecular complexity index is 886. The van der Waals surface area contributed by atoms with Crippen LogP contribution in [0.5, 0.6) is 0 Å². The summed E-state index contributed by atoms with van der Waals surface area (Å²) in [5, 5.41) is 14.5. The Labute approximate surface area is 145 Å². The highest BCUT2D eigenvalue weighted by atomic mass is 16.6. The molecule has 0 saturated carbocycles. The Hall–Kier alpha value is -2.95. The van der Waals surface area contributed by atoms with Crippen molar-refractivity contribution in [1.29, 1.82) is 0 Å². The second-order valence-electron chi connectivity index (χ2n) is 6.68. The number of nitrogens with one attached hydrogen (secondary N) is 1. The molecular formula is C20H18N2O3. The Morgan fingerprint density at radius 2 is 1.96 bits per heavy atom. The van der Waals surface area contributed by atoms with E-state index < -0.39 is 0 Å². The van der Waals surface area contributed by atoms with Crippen molar-refractivity contribution in [2.45, 2.75) is 25.3 Å². The zero-order valence-electron chi connectivity index (χ0n) is 13.8. The third-order valence-corrected chi connectivity index (χ3v) is 5.23. The van der Waals surface area contributed by atoms with Gasteiger partial charge in [-0.1, -0.05) is 24.3 Å². The van der Waals surface area contributed by atoms with Crippen molar-refractivity contribution < 1.29 is 9.72 Å². The minimum Gasteiger partial charge on any atom is -0.378 e. The highest BCUT2D eigenvalue weighted by Crippen LogP contribution is 2.50. The Morgan fingerprint density at radius 1 is 1.20 bits per heavy atom. The highest BCUT2D eigenvalue weighted by molar-refractivity contribution is 5.95. The van der Waals surface area contributed by atoms with Crippen molar-refractivity contribution in [2.24, 2.45) is 5.92 Å². The SMILES string of the molecule is CC(=O)c1ccc2c(c1)[C@@H]1C=CC[C@H]1[C@H](c1ccc([N+](=O)[O-])cc1)N2. The number of carbonyl (C=O) groups excluding carboxylic acids is 1. The molecule has 2 aromatic carbocycles. The van der Waals surface area contributed by atoms with Gasteiger partial charge in [-0.3, -0.25) is 14.9 Å². The summed E-state index contributed by atoms with van der Waals surface area (Å²) in [6.45, 7) is 1.58. The number of carbonyl (C=O) groups is 1. The van der Waals surface area contributed by atoms with Crippen molar-refractivity contribution in [1.82, 2.24) is 0 Å². The molecule has 0 bridgehead atoms. The summed E-state index contributed by atoms with van der Waals surface area (Å²) in [5.41, 5.74) is 4.07. The molecular weight excluding hydrogens is 316 g/mol. The van der Waals surface area contributed by atoms with Crippen LogP contribution in [-0.4, -0.2) is 10.7 Å². The highest BCUT2D eigenvalue weighted by Gasteiger charge is 2.38. The number of hydrogen-bond donors (Lipinski definition) is 1. The number of rotatable bonds is 3. The number of fused-ring (bicyclic) bond motifs is 3. The zero-order valence-corrected chi connectivity index (χ0v) is 13.8. The molecule has 0 radical (unpaired) electrons. The smallest absolute Gasteiger partial charge is 0.269 e. The molecule has 126 valence electrons. The van der Waals surface area contributed by atoms with E-state index in [1.54, 1.807) is 19.1 Å². The molecule has 2 aliphatic rings. The van der Waals surface area contributed by atoms with E-state index in [1.807, 2.05) is 30.3 Å². The van der Waals surface area contributed by atoms with Gasteiger partial charge >= 0.3 is 0 Å². The Kier molecular flexibility index (Phi) is 3.64. The summed E-state index contributed by atoms with van der Waals surface area (Å²) in [5.74, 6) is 0.672. The van der Waals surface area contributed by atoms with Crippen LogP contribution in [0.4, 0.5) is 11.4 Å². The molecule has 3 atom stereocenters. The molecule has 5 nitrogen and oxygen atoms in total. The van der Waals surface area contributed by atoms with Crippen molar-refractivity contribution in [3.05, 3.63) is 81.4 Å². The third-order valence-electron chi connectivity index (χ3n) is 5.23. The van der Waals surface area contributed by atoms with Crippen LogP contribution < -0.4 is 5.32 Å². The Balaban J connectivity index is 1.72. The standard InChI is InChI=1S/C20H18N2O3/c1-12(23)14-7-10-19-18(11-14)16-3-2-4-17(16)20(21-19)13-5-8-15(9-6-13)22(24)25/h2-3,5-11,16-17,20-21H,4H2,1H3/t16-,17-,20+/m1/s1. The summed E-state index contributed by atoms with van der Waals surface area (Å²) in [6, 6.07) is 12.7. The molecule has 0 saturated heterocycles.